The van der Waals surface area contributed by atoms with Gasteiger partial charge in [0.05, 0.1) is 6.42 Å². The molecule has 0 heterocycles. The maximum atomic E-state index is 10.6. The molecule has 0 aliphatic rings. The molecule has 0 saturated carbocycles. The Labute approximate surface area is 92.2 Å². The van der Waals surface area contributed by atoms with Gasteiger partial charge in [0.2, 0.25) is 0 Å². The van der Waals surface area contributed by atoms with E-state index in [4.69, 9.17) is 9.84 Å². The van der Waals surface area contributed by atoms with E-state index in [0.29, 0.717) is 6.04 Å². The smallest absolute Gasteiger partial charge is 0.304 e. The van der Waals surface area contributed by atoms with Gasteiger partial charge >= 0.3 is 5.97 Å². The van der Waals surface area contributed by atoms with Crippen molar-refractivity contribution in [2.45, 2.75) is 45.7 Å². The minimum atomic E-state index is -0.736. The second-order valence-electron chi connectivity index (χ2n) is 3.91. The maximum absolute atomic E-state index is 10.6. The lowest BCUT2D eigenvalue weighted by molar-refractivity contribution is -0.138. The number of carbonyl (C=O) groups is 1. The molecular formula is C11H23NO3. The lowest BCUT2D eigenvalue weighted by Crippen LogP contribution is -2.41. The first kappa shape index (κ1) is 14.4. The summed E-state index contributed by atoms with van der Waals surface area (Å²) in [5, 5.41) is 8.73. The predicted molar refractivity (Wildman–Crippen MR) is 60.0 cm³/mol. The largest absolute Gasteiger partial charge is 0.481 e. The molecule has 0 fully saturated rings. The minimum Gasteiger partial charge on any atom is -0.481 e. The van der Waals surface area contributed by atoms with Gasteiger partial charge < -0.3 is 9.84 Å². The van der Waals surface area contributed by atoms with E-state index in [1.807, 2.05) is 6.92 Å². The molecule has 0 amide bonds. The van der Waals surface area contributed by atoms with Gasteiger partial charge in [0.1, 0.15) is 0 Å². The van der Waals surface area contributed by atoms with Crippen LogP contribution in [0.25, 0.3) is 0 Å². The molecule has 2 unspecified atom stereocenters. The highest BCUT2D eigenvalue weighted by Crippen LogP contribution is 2.11. The lowest BCUT2D eigenvalue weighted by Gasteiger charge is -2.32. The Bertz CT molecular complexity index is 185. The van der Waals surface area contributed by atoms with Gasteiger partial charge in [0.25, 0.3) is 0 Å². The van der Waals surface area contributed by atoms with E-state index in [0.717, 1.165) is 19.6 Å². The van der Waals surface area contributed by atoms with E-state index in [-0.39, 0.29) is 12.5 Å². The zero-order valence-corrected chi connectivity index (χ0v) is 10.2. The summed E-state index contributed by atoms with van der Waals surface area (Å²) >= 11 is 0. The molecule has 15 heavy (non-hydrogen) atoms. The van der Waals surface area contributed by atoms with Gasteiger partial charge in [0, 0.05) is 25.8 Å². The van der Waals surface area contributed by atoms with Crippen molar-refractivity contribution in [3.63, 3.8) is 0 Å². The molecule has 0 aromatic carbocycles. The quantitative estimate of drug-likeness (QED) is 0.671. The molecule has 4 nitrogen and oxygen atoms in total. The molecule has 0 aromatic rings. The number of aliphatic carboxylic acids is 1. The summed E-state index contributed by atoms with van der Waals surface area (Å²) in [6.45, 7) is 7.72. The number of rotatable bonds is 8. The van der Waals surface area contributed by atoms with Crippen LogP contribution in [-0.4, -0.2) is 48.3 Å². The Morgan fingerprint density at radius 2 is 2.00 bits per heavy atom. The molecule has 2 atom stereocenters. The van der Waals surface area contributed by atoms with Crippen molar-refractivity contribution in [2.24, 2.45) is 0 Å². The summed E-state index contributed by atoms with van der Waals surface area (Å²) < 4.78 is 5.02. The first-order chi connectivity index (χ1) is 7.02. The van der Waals surface area contributed by atoms with E-state index in [9.17, 15) is 4.79 Å². The van der Waals surface area contributed by atoms with Gasteiger partial charge in [-0.2, -0.15) is 0 Å². The van der Waals surface area contributed by atoms with Crippen molar-refractivity contribution in [3.8, 4) is 0 Å². The Morgan fingerprint density at radius 3 is 2.40 bits per heavy atom. The number of hydrogen-bond donors (Lipinski definition) is 1. The summed E-state index contributed by atoms with van der Waals surface area (Å²) in [6.07, 6.45) is 1.14. The highest BCUT2D eigenvalue weighted by Gasteiger charge is 2.20. The molecule has 0 radical (unpaired) electrons. The van der Waals surface area contributed by atoms with Gasteiger partial charge in [-0.3, -0.25) is 9.69 Å². The van der Waals surface area contributed by atoms with Gasteiger partial charge in [-0.25, -0.2) is 0 Å². The predicted octanol–water partition coefficient (Wildman–Crippen LogP) is 1.60. The van der Waals surface area contributed by atoms with Crippen LogP contribution in [0.15, 0.2) is 0 Å². The van der Waals surface area contributed by atoms with Crippen LogP contribution in [0.5, 0.6) is 0 Å². The lowest BCUT2D eigenvalue weighted by atomic mass is 10.1. The molecule has 0 aromatic heterocycles. The average Bonchev–Trinajstić information content (AvgIpc) is 2.14. The van der Waals surface area contributed by atoms with E-state index < -0.39 is 5.97 Å². The normalized spacial score (nSPS) is 15.3. The Morgan fingerprint density at radius 1 is 1.40 bits per heavy atom. The van der Waals surface area contributed by atoms with Crippen molar-refractivity contribution in [1.82, 2.24) is 4.90 Å². The number of ether oxygens (including phenoxy) is 1. The van der Waals surface area contributed by atoms with Crippen LogP contribution in [0.1, 0.15) is 33.6 Å². The molecule has 0 saturated heterocycles. The second-order valence-corrected chi connectivity index (χ2v) is 3.91. The maximum Gasteiger partial charge on any atom is 0.304 e. The third kappa shape index (κ3) is 5.74. The van der Waals surface area contributed by atoms with Crippen molar-refractivity contribution in [1.29, 1.82) is 0 Å². The minimum absolute atomic E-state index is 0.0827. The van der Waals surface area contributed by atoms with Crippen LogP contribution in [0.4, 0.5) is 0 Å². The van der Waals surface area contributed by atoms with E-state index in [1.165, 1.54) is 0 Å². The molecular weight excluding hydrogens is 194 g/mol. The number of carboxylic acid groups (broad SMARTS) is 1. The molecule has 1 N–H and O–H groups in total. The summed E-state index contributed by atoms with van der Waals surface area (Å²) in [4.78, 5) is 12.8. The molecule has 90 valence electrons. The van der Waals surface area contributed by atoms with Crippen LogP contribution < -0.4 is 0 Å². The zero-order valence-electron chi connectivity index (χ0n) is 10.2. The van der Waals surface area contributed by atoms with Crippen molar-refractivity contribution >= 4 is 5.97 Å². The molecule has 0 aliphatic heterocycles. The Hall–Kier alpha value is -0.610. The van der Waals surface area contributed by atoms with Crippen LogP contribution >= 0.6 is 0 Å². The number of methoxy groups -OCH3 is 1. The van der Waals surface area contributed by atoms with Crippen molar-refractivity contribution in [2.75, 3.05) is 20.3 Å². The third-order valence-electron chi connectivity index (χ3n) is 2.71. The summed E-state index contributed by atoms with van der Waals surface area (Å²) in [5.74, 6) is -0.736. The monoisotopic (exact) mass is 217 g/mol. The van der Waals surface area contributed by atoms with Gasteiger partial charge in [-0.05, 0) is 26.8 Å². The molecule has 0 spiro atoms. The van der Waals surface area contributed by atoms with E-state index in [2.05, 4.69) is 18.7 Å². The highest BCUT2D eigenvalue weighted by atomic mass is 16.5. The molecule has 4 heteroatoms. The fourth-order valence-electron chi connectivity index (χ4n) is 1.88. The highest BCUT2D eigenvalue weighted by molar-refractivity contribution is 5.67. The van der Waals surface area contributed by atoms with Gasteiger partial charge in [-0.15, -0.1) is 0 Å². The number of hydrogen-bond acceptors (Lipinski definition) is 3. The first-order valence-corrected chi connectivity index (χ1v) is 5.49. The summed E-state index contributed by atoms with van der Waals surface area (Å²) in [7, 11) is 1.68. The molecule has 0 aliphatic carbocycles. The first-order valence-electron chi connectivity index (χ1n) is 5.49. The van der Waals surface area contributed by atoms with E-state index in [1.54, 1.807) is 7.11 Å². The van der Waals surface area contributed by atoms with E-state index >= 15 is 0 Å². The van der Waals surface area contributed by atoms with Crippen LogP contribution in [-0.2, 0) is 9.53 Å². The Kier molecular flexibility index (Phi) is 7.34. The SMILES string of the molecule is CCN(C(C)CCOC)C(C)CC(=O)O. The topological polar surface area (TPSA) is 49.8 Å². The van der Waals surface area contributed by atoms with Gasteiger partial charge in [0.15, 0.2) is 0 Å². The zero-order chi connectivity index (χ0) is 11.8. The standard InChI is InChI=1S/C11H23NO3/c1-5-12(9(2)6-7-15-4)10(3)8-11(13)14/h9-10H,5-8H2,1-4H3,(H,13,14). The number of nitrogens with zero attached hydrogens (tertiary/aromatic N) is 1. The van der Waals surface area contributed by atoms with Gasteiger partial charge in [-0.1, -0.05) is 6.92 Å². The third-order valence-corrected chi connectivity index (χ3v) is 2.71. The van der Waals surface area contributed by atoms with Crippen LogP contribution in [0.3, 0.4) is 0 Å². The van der Waals surface area contributed by atoms with Crippen molar-refractivity contribution < 1.29 is 14.6 Å². The van der Waals surface area contributed by atoms with Crippen LogP contribution in [0, 0.1) is 0 Å². The fraction of sp³-hybridized carbons (Fsp3) is 0.909. The Balaban J connectivity index is 4.13. The summed E-state index contributed by atoms with van der Waals surface area (Å²) in [5.41, 5.74) is 0. The fourth-order valence-corrected chi connectivity index (χ4v) is 1.88. The molecule has 0 bridgehead atoms. The van der Waals surface area contributed by atoms with Crippen LogP contribution in [0.2, 0.25) is 0 Å². The number of carboxylic acids is 1. The second kappa shape index (κ2) is 7.65. The average molecular weight is 217 g/mol. The van der Waals surface area contributed by atoms with Crippen molar-refractivity contribution in [3.05, 3.63) is 0 Å². The summed E-state index contributed by atoms with van der Waals surface area (Å²) in [6, 6.07) is 0.448. The molecule has 0 rings (SSSR count).